The second-order valence-corrected chi connectivity index (χ2v) is 8.28. The maximum atomic E-state index is 13.5. The van der Waals surface area contributed by atoms with Gasteiger partial charge >= 0.3 is 0 Å². The first-order valence-electron chi connectivity index (χ1n) is 8.50. The fourth-order valence-corrected chi connectivity index (χ4v) is 4.36. The van der Waals surface area contributed by atoms with Gasteiger partial charge < -0.3 is 9.47 Å². The molecular formula is C21H20ClNO4S. The molecule has 0 saturated carbocycles. The molecule has 0 aliphatic heterocycles. The lowest BCUT2D eigenvalue weighted by Crippen LogP contribution is -2.31. The number of nitrogens with zero attached hydrogens (tertiary/aromatic N) is 1. The Bertz CT molecular complexity index is 1030. The summed E-state index contributed by atoms with van der Waals surface area (Å²) in [4.78, 5) is 0.160. The van der Waals surface area contributed by atoms with E-state index in [0.29, 0.717) is 22.2 Å². The van der Waals surface area contributed by atoms with Gasteiger partial charge in [0.15, 0.2) is 0 Å². The quantitative estimate of drug-likeness (QED) is 0.556. The van der Waals surface area contributed by atoms with E-state index >= 15 is 0 Å². The highest BCUT2D eigenvalue weighted by Gasteiger charge is 2.27. The number of rotatable bonds is 7. The standard InChI is InChI=1S/C21H20ClNO4S/c1-26-18-11-13-19(14-12-18)28(24,25)23(15-16-7-9-17(22)10-8-16)20-5-3-4-6-21(20)27-2/h3-14H,15H2,1-2H3. The van der Waals surface area contributed by atoms with E-state index in [4.69, 9.17) is 21.1 Å². The van der Waals surface area contributed by atoms with Crippen molar-refractivity contribution in [2.45, 2.75) is 11.4 Å². The third-order valence-electron chi connectivity index (χ3n) is 4.24. The number of ether oxygens (including phenoxy) is 2. The topological polar surface area (TPSA) is 55.8 Å². The van der Waals surface area contributed by atoms with E-state index in [2.05, 4.69) is 0 Å². The highest BCUT2D eigenvalue weighted by atomic mass is 35.5. The van der Waals surface area contributed by atoms with Gasteiger partial charge in [-0.15, -0.1) is 0 Å². The van der Waals surface area contributed by atoms with Crippen LogP contribution in [0.2, 0.25) is 5.02 Å². The van der Waals surface area contributed by atoms with Crippen LogP contribution in [0.3, 0.4) is 0 Å². The Kier molecular flexibility index (Phi) is 6.11. The first-order chi connectivity index (χ1) is 13.5. The zero-order valence-electron chi connectivity index (χ0n) is 15.5. The Balaban J connectivity index is 2.09. The van der Waals surface area contributed by atoms with Gasteiger partial charge in [0, 0.05) is 5.02 Å². The molecule has 0 aliphatic rings. The molecular weight excluding hydrogens is 398 g/mol. The number of anilines is 1. The minimum Gasteiger partial charge on any atom is -0.497 e. The number of benzene rings is 3. The molecule has 0 saturated heterocycles. The van der Waals surface area contributed by atoms with Gasteiger partial charge in [-0.05, 0) is 54.1 Å². The highest BCUT2D eigenvalue weighted by molar-refractivity contribution is 7.92. The SMILES string of the molecule is COc1ccc(S(=O)(=O)N(Cc2ccc(Cl)cc2)c2ccccc2OC)cc1. The number of halogens is 1. The average Bonchev–Trinajstić information content (AvgIpc) is 2.73. The van der Waals surface area contributed by atoms with E-state index in [-0.39, 0.29) is 11.4 Å². The zero-order chi connectivity index (χ0) is 20.1. The Hall–Kier alpha value is -2.70. The van der Waals surface area contributed by atoms with Gasteiger partial charge in [0.2, 0.25) is 0 Å². The first-order valence-corrected chi connectivity index (χ1v) is 10.3. The molecule has 0 aromatic heterocycles. The fraction of sp³-hybridized carbons (Fsp3) is 0.143. The van der Waals surface area contributed by atoms with E-state index < -0.39 is 10.0 Å². The summed E-state index contributed by atoms with van der Waals surface area (Å²) < 4.78 is 38.8. The minimum absolute atomic E-state index is 0.131. The summed E-state index contributed by atoms with van der Waals surface area (Å²) in [5.74, 6) is 1.05. The van der Waals surface area contributed by atoms with E-state index in [9.17, 15) is 8.42 Å². The van der Waals surface area contributed by atoms with Gasteiger partial charge in [-0.1, -0.05) is 35.9 Å². The van der Waals surface area contributed by atoms with Crippen LogP contribution in [0.5, 0.6) is 11.5 Å². The van der Waals surface area contributed by atoms with E-state index in [1.165, 1.54) is 30.7 Å². The van der Waals surface area contributed by atoms with Crippen LogP contribution in [0.4, 0.5) is 5.69 Å². The van der Waals surface area contributed by atoms with Crippen molar-refractivity contribution in [1.82, 2.24) is 0 Å². The van der Waals surface area contributed by atoms with Crippen LogP contribution in [0.15, 0.2) is 77.7 Å². The van der Waals surface area contributed by atoms with Crippen molar-refractivity contribution in [3.63, 3.8) is 0 Å². The van der Waals surface area contributed by atoms with Crippen LogP contribution in [0.1, 0.15) is 5.56 Å². The second kappa shape index (κ2) is 8.54. The summed E-state index contributed by atoms with van der Waals surface area (Å²) in [6, 6.07) is 20.4. The molecule has 0 aliphatic carbocycles. The Morgan fingerprint density at radius 1 is 0.857 bits per heavy atom. The van der Waals surface area contributed by atoms with Crippen molar-refractivity contribution in [3.8, 4) is 11.5 Å². The monoisotopic (exact) mass is 417 g/mol. The van der Waals surface area contributed by atoms with Gasteiger partial charge in [0.05, 0.1) is 31.3 Å². The van der Waals surface area contributed by atoms with Crippen molar-refractivity contribution < 1.29 is 17.9 Å². The van der Waals surface area contributed by atoms with Crippen LogP contribution in [0.25, 0.3) is 0 Å². The van der Waals surface area contributed by atoms with Crippen molar-refractivity contribution in [3.05, 3.63) is 83.4 Å². The number of hydrogen-bond donors (Lipinski definition) is 0. The summed E-state index contributed by atoms with van der Waals surface area (Å²) in [5.41, 5.74) is 1.25. The molecule has 0 atom stereocenters. The molecule has 0 spiro atoms. The molecule has 3 aromatic carbocycles. The van der Waals surface area contributed by atoms with Gasteiger partial charge in [0.1, 0.15) is 11.5 Å². The Morgan fingerprint density at radius 2 is 1.50 bits per heavy atom. The zero-order valence-corrected chi connectivity index (χ0v) is 17.1. The van der Waals surface area contributed by atoms with Crippen molar-refractivity contribution in [1.29, 1.82) is 0 Å². The summed E-state index contributed by atoms with van der Waals surface area (Å²) >= 11 is 5.96. The maximum absolute atomic E-state index is 13.5. The van der Waals surface area contributed by atoms with Crippen LogP contribution < -0.4 is 13.8 Å². The molecule has 0 heterocycles. The Labute approximate surface area is 170 Å². The second-order valence-electron chi connectivity index (χ2n) is 5.99. The van der Waals surface area contributed by atoms with Crippen LogP contribution >= 0.6 is 11.6 Å². The predicted octanol–water partition coefficient (Wildman–Crippen LogP) is 4.75. The molecule has 3 rings (SSSR count). The lowest BCUT2D eigenvalue weighted by Gasteiger charge is -2.26. The number of para-hydroxylation sites is 2. The lowest BCUT2D eigenvalue weighted by atomic mass is 10.2. The smallest absolute Gasteiger partial charge is 0.264 e. The maximum Gasteiger partial charge on any atom is 0.264 e. The van der Waals surface area contributed by atoms with Gasteiger partial charge in [-0.3, -0.25) is 4.31 Å². The van der Waals surface area contributed by atoms with Gasteiger partial charge in [-0.25, -0.2) is 8.42 Å². The fourth-order valence-electron chi connectivity index (χ4n) is 2.77. The molecule has 146 valence electrons. The van der Waals surface area contributed by atoms with E-state index in [1.807, 2.05) is 0 Å². The number of methoxy groups -OCH3 is 2. The van der Waals surface area contributed by atoms with E-state index in [0.717, 1.165) is 5.56 Å². The Morgan fingerprint density at radius 3 is 2.11 bits per heavy atom. The van der Waals surface area contributed by atoms with Crippen LogP contribution in [-0.2, 0) is 16.6 Å². The molecule has 3 aromatic rings. The average molecular weight is 418 g/mol. The molecule has 0 N–H and O–H groups in total. The number of sulfonamides is 1. The molecule has 0 unspecified atom stereocenters. The van der Waals surface area contributed by atoms with Crippen molar-refractivity contribution in [2.24, 2.45) is 0 Å². The van der Waals surface area contributed by atoms with Gasteiger partial charge in [0.25, 0.3) is 10.0 Å². The summed E-state index contributed by atoms with van der Waals surface area (Å²) in [7, 11) is -0.809. The van der Waals surface area contributed by atoms with Crippen LogP contribution in [-0.4, -0.2) is 22.6 Å². The van der Waals surface area contributed by atoms with Crippen LogP contribution in [0, 0.1) is 0 Å². The molecule has 0 radical (unpaired) electrons. The highest BCUT2D eigenvalue weighted by Crippen LogP contribution is 2.34. The molecule has 5 nitrogen and oxygen atoms in total. The van der Waals surface area contributed by atoms with Crippen molar-refractivity contribution >= 4 is 27.3 Å². The van der Waals surface area contributed by atoms with Crippen molar-refractivity contribution in [2.75, 3.05) is 18.5 Å². The minimum atomic E-state index is -3.86. The largest absolute Gasteiger partial charge is 0.497 e. The summed E-state index contributed by atoms with van der Waals surface area (Å²) in [6.07, 6.45) is 0. The third-order valence-corrected chi connectivity index (χ3v) is 6.27. The predicted molar refractivity (Wildman–Crippen MR) is 111 cm³/mol. The molecule has 28 heavy (non-hydrogen) atoms. The van der Waals surface area contributed by atoms with Gasteiger partial charge in [-0.2, -0.15) is 0 Å². The molecule has 0 bridgehead atoms. The summed E-state index contributed by atoms with van der Waals surface area (Å²) in [6.45, 7) is 0.131. The molecule has 0 amide bonds. The lowest BCUT2D eigenvalue weighted by molar-refractivity contribution is 0.414. The molecule has 0 fully saturated rings. The van der Waals surface area contributed by atoms with E-state index in [1.54, 1.807) is 60.7 Å². The normalized spacial score (nSPS) is 11.1. The summed E-state index contributed by atoms with van der Waals surface area (Å²) in [5, 5.41) is 0.589. The third kappa shape index (κ3) is 4.24. The first kappa shape index (κ1) is 20.0. The molecule has 7 heteroatoms. The number of hydrogen-bond acceptors (Lipinski definition) is 4.